The Morgan fingerprint density at radius 3 is 2.93 bits per heavy atom. The van der Waals surface area contributed by atoms with E-state index in [9.17, 15) is 18.7 Å². The SMILES string of the molecule is CCCCOC(=O)N1CCc2nn3c(c2C1)C(F)(F)CCC(O)(CC#N)C3. The molecule has 0 bridgehead atoms. The Balaban J connectivity index is 1.87. The van der Waals surface area contributed by atoms with E-state index in [1.54, 1.807) is 0 Å². The molecule has 1 N–H and O–H groups in total. The van der Waals surface area contributed by atoms with E-state index in [4.69, 9.17) is 10.00 Å². The molecule has 1 unspecified atom stereocenters. The first-order chi connectivity index (χ1) is 12.8. The van der Waals surface area contributed by atoms with Crippen LogP contribution >= 0.6 is 0 Å². The Morgan fingerprint density at radius 2 is 2.22 bits per heavy atom. The van der Waals surface area contributed by atoms with Crippen molar-refractivity contribution in [2.24, 2.45) is 0 Å². The fourth-order valence-electron chi connectivity index (χ4n) is 3.66. The number of nitrogens with zero attached hydrogens (tertiary/aromatic N) is 4. The number of rotatable bonds is 4. The van der Waals surface area contributed by atoms with Gasteiger partial charge in [-0.25, -0.2) is 4.79 Å². The Hall–Kier alpha value is -2.21. The molecular formula is C18H24F2N4O3. The van der Waals surface area contributed by atoms with Crippen LogP contribution in [0.5, 0.6) is 0 Å². The van der Waals surface area contributed by atoms with Gasteiger partial charge >= 0.3 is 6.09 Å². The van der Waals surface area contributed by atoms with E-state index in [0.717, 1.165) is 17.5 Å². The fraction of sp³-hybridized carbons (Fsp3) is 0.722. The predicted molar refractivity (Wildman–Crippen MR) is 90.9 cm³/mol. The molecule has 0 saturated carbocycles. The number of unbranched alkanes of at least 4 members (excludes halogenated alkanes) is 1. The number of alkyl halides is 2. The molecule has 0 saturated heterocycles. The van der Waals surface area contributed by atoms with Crippen molar-refractivity contribution in [2.45, 2.75) is 70.1 Å². The lowest BCUT2D eigenvalue weighted by molar-refractivity contribution is -0.0395. The molecule has 9 heteroatoms. The van der Waals surface area contributed by atoms with E-state index in [-0.39, 0.29) is 31.6 Å². The van der Waals surface area contributed by atoms with Gasteiger partial charge in [-0.2, -0.15) is 19.1 Å². The van der Waals surface area contributed by atoms with E-state index in [1.807, 2.05) is 13.0 Å². The Morgan fingerprint density at radius 1 is 1.44 bits per heavy atom. The molecule has 148 valence electrons. The summed E-state index contributed by atoms with van der Waals surface area (Å²) < 4.78 is 36.0. The van der Waals surface area contributed by atoms with Crippen molar-refractivity contribution in [2.75, 3.05) is 13.2 Å². The highest BCUT2D eigenvalue weighted by atomic mass is 19.3. The zero-order valence-corrected chi connectivity index (χ0v) is 15.4. The lowest BCUT2D eigenvalue weighted by Gasteiger charge is -2.27. The fourth-order valence-corrected chi connectivity index (χ4v) is 3.66. The van der Waals surface area contributed by atoms with Crippen molar-refractivity contribution in [1.29, 1.82) is 5.26 Å². The maximum atomic E-state index is 14.8. The van der Waals surface area contributed by atoms with Crippen molar-refractivity contribution in [3.05, 3.63) is 17.0 Å². The average molecular weight is 382 g/mol. The minimum atomic E-state index is -3.18. The normalized spacial score (nSPS) is 23.7. The summed E-state index contributed by atoms with van der Waals surface area (Å²) in [6.07, 6.45) is 0.509. The lowest BCUT2D eigenvalue weighted by Crippen LogP contribution is -2.37. The summed E-state index contributed by atoms with van der Waals surface area (Å²) in [7, 11) is 0. The van der Waals surface area contributed by atoms with Crippen molar-refractivity contribution in [3.8, 4) is 6.07 Å². The van der Waals surface area contributed by atoms with E-state index in [1.165, 1.54) is 4.90 Å². The summed E-state index contributed by atoms with van der Waals surface area (Å²) in [6, 6.07) is 1.87. The highest BCUT2D eigenvalue weighted by molar-refractivity contribution is 5.68. The second-order valence-corrected chi connectivity index (χ2v) is 7.33. The number of aromatic nitrogens is 2. The summed E-state index contributed by atoms with van der Waals surface area (Å²) in [5, 5.41) is 23.7. The van der Waals surface area contributed by atoms with Gasteiger partial charge in [0.2, 0.25) is 0 Å². The number of nitriles is 1. The first-order valence-corrected chi connectivity index (χ1v) is 9.27. The molecule has 1 aromatic heterocycles. The Bertz CT molecular complexity index is 759. The zero-order valence-electron chi connectivity index (χ0n) is 15.4. The minimum Gasteiger partial charge on any atom is -0.449 e. The van der Waals surface area contributed by atoms with Gasteiger partial charge in [0.1, 0.15) is 5.69 Å². The number of hydrogen-bond acceptors (Lipinski definition) is 5. The molecule has 3 heterocycles. The zero-order chi connectivity index (χ0) is 19.7. The third-order valence-electron chi connectivity index (χ3n) is 5.19. The van der Waals surface area contributed by atoms with Crippen molar-refractivity contribution < 1.29 is 23.4 Å². The summed E-state index contributed by atoms with van der Waals surface area (Å²) in [4.78, 5) is 13.6. The molecule has 0 spiro atoms. The van der Waals surface area contributed by atoms with Gasteiger partial charge in [-0.1, -0.05) is 13.3 Å². The molecule has 27 heavy (non-hydrogen) atoms. The Labute approximate surface area is 156 Å². The van der Waals surface area contributed by atoms with Gasteiger partial charge in [-0.3, -0.25) is 4.68 Å². The van der Waals surface area contributed by atoms with Gasteiger partial charge in [0.05, 0.1) is 43.5 Å². The second kappa shape index (κ2) is 7.43. The molecule has 0 radical (unpaired) electrons. The maximum absolute atomic E-state index is 14.8. The summed E-state index contributed by atoms with van der Waals surface area (Å²) in [5.74, 6) is -3.18. The van der Waals surface area contributed by atoms with Crippen LogP contribution in [0, 0.1) is 11.3 Å². The molecule has 2 aliphatic rings. The van der Waals surface area contributed by atoms with Gasteiger partial charge in [0.25, 0.3) is 5.92 Å². The largest absolute Gasteiger partial charge is 0.449 e. The Kier molecular flexibility index (Phi) is 5.38. The second-order valence-electron chi connectivity index (χ2n) is 7.33. The van der Waals surface area contributed by atoms with Gasteiger partial charge in [0, 0.05) is 24.9 Å². The van der Waals surface area contributed by atoms with Crippen LogP contribution in [0.15, 0.2) is 0 Å². The molecule has 7 nitrogen and oxygen atoms in total. The van der Waals surface area contributed by atoms with Crippen molar-refractivity contribution in [1.82, 2.24) is 14.7 Å². The van der Waals surface area contributed by atoms with Crippen LogP contribution in [0.1, 0.15) is 56.0 Å². The number of halogens is 2. The third-order valence-corrected chi connectivity index (χ3v) is 5.19. The molecule has 1 amide bonds. The highest BCUT2D eigenvalue weighted by Gasteiger charge is 2.47. The van der Waals surface area contributed by atoms with E-state index in [0.29, 0.717) is 30.8 Å². The maximum Gasteiger partial charge on any atom is 0.410 e. The van der Waals surface area contributed by atoms with Gasteiger partial charge in [-0.05, 0) is 12.8 Å². The van der Waals surface area contributed by atoms with Crippen LogP contribution in [0.3, 0.4) is 0 Å². The number of carbonyl (C=O) groups is 1. The van der Waals surface area contributed by atoms with E-state index < -0.39 is 24.0 Å². The van der Waals surface area contributed by atoms with Crippen LogP contribution in [-0.4, -0.2) is 44.6 Å². The van der Waals surface area contributed by atoms with Gasteiger partial charge in [-0.15, -0.1) is 0 Å². The topological polar surface area (TPSA) is 91.4 Å². The summed E-state index contributed by atoms with van der Waals surface area (Å²) in [6.45, 7) is 2.50. The smallest absolute Gasteiger partial charge is 0.410 e. The first-order valence-electron chi connectivity index (χ1n) is 9.27. The monoisotopic (exact) mass is 382 g/mol. The number of hydrogen-bond donors (Lipinski definition) is 1. The van der Waals surface area contributed by atoms with E-state index in [2.05, 4.69) is 5.10 Å². The van der Waals surface area contributed by atoms with Crippen LogP contribution in [0.4, 0.5) is 13.6 Å². The molecular weight excluding hydrogens is 358 g/mol. The molecule has 3 rings (SSSR count). The molecule has 0 aromatic carbocycles. The predicted octanol–water partition coefficient (Wildman–Crippen LogP) is 2.71. The molecule has 0 fully saturated rings. The number of aliphatic hydroxyl groups is 1. The number of fused-ring (bicyclic) bond motifs is 3. The molecule has 2 aliphatic heterocycles. The molecule has 1 aromatic rings. The molecule has 0 aliphatic carbocycles. The number of carbonyl (C=O) groups excluding carboxylic acids is 1. The van der Waals surface area contributed by atoms with Gasteiger partial charge < -0.3 is 14.7 Å². The quantitative estimate of drug-likeness (QED) is 0.809. The summed E-state index contributed by atoms with van der Waals surface area (Å²) >= 11 is 0. The first kappa shape index (κ1) is 19.5. The average Bonchev–Trinajstić information content (AvgIpc) is 2.93. The standard InChI is InChI=1S/C18H24F2N4O3/c1-2-3-10-27-16(25)23-9-4-14-13(11-23)15-18(19,20)6-5-17(26,7-8-21)12-24(15)22-14/h26H,2-7,9-12H2,1H3. The highest BCUT2D eigenvalue weighted by Crippen LogP contribution is 2.43. The third kappa shape index (κ3) is 3.90. The minimum absolute atomic E-state index is 0.0158. The van der Waals surface area contributed by atoms with Gasteiger partial charge in [0.15, 0.2) is 0 Å². The van der Waals surface area contributed by atoms with E-state index >= 15 is 0 Å². The van der Waals surface area contributed by atoms with Crippen molar-refractivity contribution >= 4 is 6.09 Å². The van der Waals surface area contributed by atoms with Crippen LogP contribution < -0.4 is 0 Å². The van der Waals surface area contributed by atoms with Crippen LogP contribution in [-0.2, 0) is 30.2 Å². The molecule has 1 atom stereocenters. The number of amides is 1. The lowest BCUT2D eigenvalue weighted by atomic mass is 9.93. The van der Waals surface area contributed by atoms with Crippen LogP contribution in [0.2, 0.25) is 0 Å². The summed E-state index contributed by atoms with van der Waals surface area (Å²) in [5.41, 5.74) is -0.933. The number of ether oxygens (including phenoxy) is 1. The van der Waals surface area contributed by atoms with Crippen LogP contribution in [0.25, 0.3) is 0 Å². The van der Waals surface area contributed by atoms with Crippen molar-refractivity contribution in [3.63, 3.8) is 0 Å².